The molecule has 174 valence electrons. The molecule has 8 nitrogen and oxygen atoms in total. The van der Waals surface area contributed by atoms with E-state index in [-0.39, 0.29) is 23.8 Å². The van der Waals surface area contributed by atoms with Gasteiger partial charge in [-0.25, -0.2) is 0 Å². The first kappa shape index (κ1) is 23.5. The number of hydrogen-bond donors (Lipinski definition) is 1. The Balaban J connectivity index is 1.52. The van der Waals surface area contributed by atoms with Crippen LogP contribution >= 0.6 is 0 Å². The lowest BCUT2D eigenvalue weighted by Crippen LogP contribution is -2.40. The maximum absolute atomic E-state index is 13.0. The summed E-state index contributed by atoms with van der Waals surface area (Å²) in [6.07, 6.45) is 4.35. The Hall–Kier alpha value is -3.16. The minimum absolute atomic E-state index is 0.00958. The minimum atomic E-state index is -0.0841. The molecule has 8 heteroatoms. The van der Waals surface area contributed by atoms with Gasteiger partial charge in [0.15, 0.2) is 11.5 Å². The molecule has 1 aliphatic rings. The molecular formula is C24H32N2O6. The van der Waals surface area contributed by atoms with Crippen LogP contribution in [0.5, 0.6) is 17.2 Å². The maximum atomic E-state index is 13.0. The van der Waals surface area contributed by atoms with E-state index in [1.165, 1.54) is 21.3 Å². The maximum Gasteiger partial charge on any atom is 0.254 e. The summed E-state index contributed by atoms with van der Waals surface area (Å²) in [5.74, 6) is 2.43. The zero-order chi connectivity index (χ0) is 23.1. The number of nitrogens with zero attached hydrogens (tertiary/aromatic N) is 1. The number of methoxy groups -OCH3 is 3. The summed E-state index contributed by atoms with van der Waals surface area (Å²) in [6, 6.07) is 7.10. The third kappa shape index (κ3) is 5.75. The second kappa shape index (κ2) is 10.9. The van der Waals surface area contributed by atoms with E-state index in [9.17, 15) is 9.59 Å². The molecule has 0 bridgehead atoms. The fraction of sp³-hybridized carbons (Fsp3) is 0.500. The van der Waals surface area contributed by atoms with Crippen LogP contribution < -0.4 is 19.5 Å². The quantitative estimate of drug-likeness (QED) is 0.638. The van der Waals surface area contributed by atoms with Crippen LogP contribution in [0.4, 0.5) is 0 Å². The van der Waals surface area contributed by atoms with Gasteiger partial charge >= 0.3 is 0 Å². The lowest BCUT2D eigenvalue weighted by atomic mass is 9.92. The highest BCUT2D eigenvalue weighted by molar-refractivity contribution is 5.95. The average Bonchev–Trinajstić information content (AvgIpc) is 3.30. The molecule has 1 fully saturated rings. The van der Waals surface area contributed by atoms with Gasteiger partial charge in [-0.3, -0.25) is 9.59 Å². The van der Waals surface area contributed by atoms with E-state index in [0.717, 1.165) is 18.6 Å². The number of hydrogen-bond acceptors (Lipinski definition) is 6. The second-order valence-corrected chi connectivity index (χ2v) is 8.11. The van der Waals surface area contributed by atoms with E-state index in [2.05, 4.69) is 5.32 Å². The average molecular weight is 445 g/mol. The first-order valence-electron chi connectivity index (χ1n) is 10.9. The molecule has 1 N–H and O–H groups in total. The molecule has 0 unspecified atom stereocenters. The smallest absolute Gasteiger partial charge is 0.254 e. The number of furan rings is 1. The molecule has 32 heavy (non-hydrogen) atoms. The van der Waals surface area contributed by atoms with E-state index >= 15 is 0 Å². The molecule has 1 aromatic heterocycles. The Morgan fingerprint density at radius 2 is 1.78 bits per heavy atom. The van der Waals surface area contributed by atoms with E-state index in [4.69, 9.17) is 18.6 Å². The molecule has 1 aromatic carbocycles. The van der Waals surface area contributed by atoms with Gasteiger partial charge in [-0.15, -0.1) is 0 Å². The number of carbonyl (C=O) groups is 2. The van der Waals surface area contributed by atoms with Crippen molar-refractivity contribution >= 4 is 11.8 Å². The van der Waals surface area contributed by atoms with Crippen LogP contribution in [0.2, 0.25) is 0 Å². The summed E-state index contributed by atoms with van der Waals surface area (Å²) in [4.78, 5) is 27.3. The highest BCUT2D eigenvalue weighted by Crippen LogP contribution is 2.38. The van der Waals surface area contributed by atoms with Crippen molar-refractivity contribution in [3.63, 3.8) is 0 Å². The largest absolute Gasteiger partial charge is 0.493 e. The first-order chi connectivity index (χ1) is 15.4. The molecule has 0 aliphatic carbocycles. The number of piperidine rings is 1. The van der Waals surface area contributed by atoms with E-state index in [1.807, 2.05) is 24.0 Å². The van der Waals surface area contributed by atoms with Gasteiger partial charge in [0.25, 0.3) is 5.91 Å². The summed E-state index contributed by atoms with van der Waals surface area (Å²) in [7, 11) is 4.58. The van der Waals surface area contributed by atoms with Crippen molar-refractivity contribution in [2.45, 2.75) is 38.6 Å². The minimum Gasteiger partial charge on any atom is -0.493 e. The third-order valence-electron chi connectivity index (χ3n) is 5.78. The molecule has 0 saturated carbocycles. The lowest BCUT2D eigenvalue weighted by molar-refractivity contribution is -0.122. The van der Waals surface area contributed by atoms with Crippen molar-refractivity contribution in [1.82, 2.24) is 10.2 Å². The van der Waals surface area contributed by atoms with Gasteiger partial charge in [0.05, 0.1) is 27.6 Å². The number of ether oxygens (including phenoxy) is 3. The number of amides is 2. The Bertz CT molecular complexity index is 878. The van der Waals surface area contributed by atoms with Crippen molar-refractivity contribution < 1.29 is 28.2 Å². The fourth-order valence-corrected chi connectivity index (χ4v) is 4.10. The Kier molecular flexibility index (Phi) is 8.03. The molecule has 1 atom stereocenters. The van der Waals surface area contributed by atoms with Crippen molar-refractivity contribution in [3.05, 3.63) is 41.9 Å². The molecule has 2 amide bonds. The monoisotopic (exact) mass is 444 g/mol. The van der Waals surface area contributed by atoms with Gasteiger partial charge in [-0.05, 0) is 49.9 Å². The molecule has 0 spiro atoms. The van der Waals surface area contributed by atoms with Crippen molar-refractivity contribution in [1.29, 1.82) is 0 Å². The predicted molar refractivity (Wildman–Crippen MR) is 119 cm³/mol. The number of nitrogens with one attached hydrogen (secondary N) is 1. The summed E-state index contributed by atoms with van der Waals surface area (Å²) in [6.45, 7) is 3.18. The molecule has 2 aromatic rings. The SMILES string of the molecule is COc1cc(C(=O)N2CCC(CC(=O)N[C@@H](C)Cc3ccco3)CC2)cc(OC)c1OC. The second-order valence-electron chi connectivity index (χ2n) is 8.11. The zero-order valence-corrected chi connectivity index (χ0v) is 19.2. The van der Waals surface area contributed by atoms with Gasteiger partial charge < -0.3 is 28.8 Å². The van der Waals surface area contributed by atoms with Crippen LogP contribution in [-0.4, -0.2) is 57.2 Å². The number of benzene rings is 1. The summed E-state index contributed by atoms with van der Waals surface area (Å²) in [5, 5.41) is 3.04. The van der Waals surface area contributed by atoms with Gasteiger partial charge in [0, 0.05) is 37.5 Å². The molecule has 3 rings (SSSR count). The normalized spacial score (nSPS) is 15.2. The van der Waals surface area contributed by atoms with Crippen LogP contribution in [0.1, 0.15) is 42.3 Å². The highest BCUT2D eigenvalue weighted by Gasteiger charge is 2.27. The van der Waals surface area contributed by atoms with Crippen molar-refractivity contribution in [2.24, 2.45) is 5.92 Å². The van der Waals surface area contributed by atoms with Crippen LogP contribution in [0.15, 0.2) is 34.9 Å². The third-order valence-corrected chi connectivity index (χ3v) is 5.78. The topological polar surface area (TPSA) is 90.2 Å². The first-order valence-corrected chi connectivity index (χ1v) is 10.9. The summed E-state index contributed by atoms with van der Waals surface area (Å²) < 4.78 is 21.4. The van der Waals surface area contributed by atoms with Gasteiger partial charge in [0.2, 0.25) is 11.7 Å². The Labute approximate surface area is 188 Å². The zero-order valence-electron chi connectivity index (χ0n) is 19.2. The van der Waals surface area contributed by atoms with Crippen LogP contribution in [0.3, 0.4) is 0 Å². The van der Waals surface area contributed by atoms with Crippen LogP contribution in [-0.2, 0) is 11.2 Å². The molecule has 2 heterocycles. The Morgan fingerprint density at radius 3 is 2.31 bits per heavy atom. The van der Waals surface area contributed by atoms with Crippen molar-refractivity contribution in [3.8, 4) is 17.2 Å². The molecular weight excluding hydrogens is 412 g/mol. The number of rotatable bonds is 9. The number of likely N-dealkylation sites (tertiary alicyclic amines) is 1. The van der Waals surface area contributed by atoms with Crippen LogP contribution in [0.25, 0.3) is 0 Å². The van der Waals surface area contributed by atoms with Gasteiger partial charge in [-0.2, -0.15) is 0 Å². The van der Waals surface area contributed by atoms with Crippen LogP contribution in [0, 0.1) is 5.92 Å². The summed E-state index contributed by atoms with van der Waals surface area (Å²) in [5.41, 5.74) is 0.488. The molecule has 1 aliphatic heterocycles. The molecule has 1 saturated heterocycles. The van der Waals surface area contributed by atoms with Gasteiger partial charge in [-0.1, -0.05) is 0 Å². The van der Waals surface area contributed by atoms with Crippen molar-refractivity contribution in [2.75, 3.05) is 34.4 Å². The van der Waals surface area contributed by atoms with E-state index in [1.54, 1.807) is 18.4 Å². The van der Waals surface area contributed by atoms with Gasteiger partial charge in [0.1, 0.15) is 5.76 Å². The summed E-state index contributed by atoms with van der Waals surface area (Å²) >= 11 is 0. The molecule has 0 radical (unpaired) electrons. The predicted octanol–water partition coefficient (Wildman–Crippen LogP) is 3.30. The fourth-order valence-electron chi connectivity index (χ4n) is 4.10. The van der Waals surface area contributed by atoms with E-state index < -0.39 is 0 Å². The Morgan fingerprint density at radius 1 is 1.12 bits per heavy atom. The van der Waals surface area contributed by atoms with E-state index in [0.29, 0.717) is 48.7 Å². The standard InChI is InChI=1S/C24H32N2O6/c1-16(12-19-6-5-11-32-19)25-22(27)13-17-7-9-26(10-8-17)24(28)18-14-20(29-2)23(31-4)21(15-18)30-3/h5-6,11,14-17H,7-10,12-13H2,1-4H3,(H,25,27)/t16-/m0/s1. The highest BCUT2D eigenvalue weighted by atomic mass is 16.5. The number of carbonyl (C=O) groups excluding carboxylic acids is 2. The lowest BCUT2D eigenvalue weighted by Gasteiger charge is -2.32.